The Morgan fingerprint density at radius 2 is 1.61 bits per heavy atom. The molecular weight excluding hydrogens is 436 g/mol. The first-order valence-corrected chi connectivity index (χ1v) is 12.7. The van der Waals surface area contributed by atoms with Crippen LogP contribution in [0.1, 0.15) is 43.4 Å². The molecule has 0 radical (unpaired) electrons. The van der Waals surface area contributed by atoms with Gasteiger partial charge in [0, 0.05) is 49.8 Å². The molecule has 0 unspecified atom stereocenters. The Bertz CT molecular complexity index is 961. The van der Waals surface area contributed by atoms with Gasteiger partial charge in [0.1, 0.15) is 0 Å². The van der Waals surface area contributed by atoms with Crippen molar-refractivity contribution in [2.24, 2.45) is 11.8 Å². The van der Waals surface area contributed by atoms with E-state index in [1.807, 2.05) is 52.4 Å². The predicted octanol–water partition coefficient (Wildman–Crippen LogP) is 3.50. The first-order chi connectivity index (χ1) is 16.0. The van der Waals surface area contributed by atoms with Crippen LogP contribution in [-0.4, -0.2) is 58.7 Å². The molecule has 2 aliphatic heterocycles. The summed E-state index contributed by atoms with van der Waals surface area (Å²) >= 11 is 1.43. The number of carbonyl (C=O) groups is 3. The Kier molecular flexibility index (Phi) is 7.75. The molecule has 2 aliphatic rings. The van der Waals surface area contributed by atoms with Crippen LogP contribution in [0.4, 0.5) is 5.13 Å². The first kappa shape index (κ1) is 23.4. The van der Waals surface area contributed by atoms with E-state index in [0.29, 0.717) is 50.6 Å². The van der Waals surface area contributed by atoms with E-state index in [2.05, 4.69) is 10.3 Å². The third-order valence-corrected chi connectivity index (χ3v) is 7.57. The highest BCUT2D eigenvalue weighted by atomic mass is 32.1. The highest BCUT2D eigenvalue weighted by Gasteiger charge is 2.33. The summed E-state index contributed by atoms with van der Waals surface area (Å²) in [5.74, 6) is 0.251. The van der Waals surface area contributed by atoms with E-state index in [0.717, 1.165) is 25.0 Å². The molecular formula is C25H32N4O3S. The average Bonchev–Trinajstić information content (AvgIpc) is 3.27. The second-order valence-electron chi connectivity index (χ2n) is 9.02. The standard InChI is InChI=1S/C25H32N4O3S/c1-18-17-33-25(26-18)27-23(31)20-9-15-29(16-10-20)24(32)21-11-13-28(14-12-21)22(30)8-7-19-5-3-2-4-6-19/h2-6,17,20-21H,7-16H2,1H3,(H,26,27,31). The third kappa shape index (κ3) is 6.19. The normalized spacial score (nSPS) is 17.7. The molecule has 0 saturated carbocycles. The zero-order chi connectivity index (χ0) is 23.2. The molecule has 0 spiro atoms. The molecule has 33 heavy (non-hydrogen) atoms. The minimum Gasteiger partial charge on any atom is -0.343 e. The molecule has 8 heteroatoms. The predicted molar refractivity (Wildman–Crippen MR) is 129 cm³/mol. The lowest BCUT2D eigenvalue weighted by atomic mass is 9.91. The van der Waals surface area contributed by atoms with Crippen LogP contribution >= 0.6 is 11.3 Å². The van der Waals surface area contributed by atoms with Crippen LogP contribution in [0.3, 0.4) is 0 Å². The lowest BCUT2D eigenvalue weighted by molar-refractivity contribution is -0.142. The summed E-state index contributed by atoms with van der Waals surface area (Å²) in [5, 5.41) is 5.46. The van der Waals surface area contributed by atoms with Crippen LogP contribution in [-0.2, 0) is 20.8 Å². The Morgan fingerprint density at radius 3 is 2.24 bits per heavy atom. The minimum absolute atomic E-state index is 0.00114. The molecule has 2 fully saturated rings. The van der Waals surface area contributed by atoms with Crippen molar-refractivity contribution in [2.45, 2.75) is 45.4 Å². The molecule has 1 N–H and O–H groups in total. The fourth-order valence-electron chi connectivity index (χ4n) is 4.67. The number of nitrogens with zero attached hydrogens (tertiary/aromatic N) is 3. The molecule has 2 saturated heterocycles. The Morgan fingerprint density at radius 1 is 0.970 bits per heavy atom. The number of aromatic nitrogens is 1. The average molecular weight is 469 g/mol. The van der Waals surface area contributed by atoms with Crippen molar-refractivity contribution >= 4 is 34.2 Å². The van der Waals surface area contributed by atoms with Crippen LogP contribution in [0.25, 0.3) is 0 Å². The molecule has 176 valence electrons. The maximum Gasteiger partial charge on any atom is 0.229 e. The number of amides is 3. The van der Waals surface area contributed by atoms with Crippen LogP contribution in [0.5, 0.6) is 0 Å². The smallest absolute Gasteiger partial charge is 0.229 e. The summed E-state index contributed by atoms with van der Waals surface area (Å²) in [5.41, 5.74) is 2.08. The number of piperidine rings is 2. The van der Waals surface area contributed by atoms with Gasteiger partial charge in [0.15, 0.2) is 5.13 Å². The van der Waals surface area contributed by atoms with Gasteiger partial charge in [-0.1, -0.05) is 30.3 Å². The van der Waals surface area contributed by atoms with Crippen molar-refractivity contribution in [3.8, 4) is 0 Å². The Balaban J connectivity index is 1.18. The van der Waals surface area contributed by atoms with Gasteiger partial charge in [0.25, 0.3) is 0 Å². The summed E-state index contributed by atoms with van der Waals surface area (Å²) in [7, 11) is 0. The monoisotopic (exact) mass is 468 g/mol. The van der Waals surface area contributed by atoms with E-state index < -0.39 is 0 Å². The molecule has 4 rings (SSSR count). The molecule has 0 atom stereocenters. The van der Waals surface area contributed by atoms with E-state index in [9.17, 15) is 14.4 Å². The van der Waals surface area contributed by atoms with Crippen LogP contribution < -0.4 is 5.32 Å². The van der Waals surface area contributed by atoms with Crippen molar-refractivity contribution in [3.05, 3.63) is 47.0 Å². The zero-order valence-corrected chi connectivity index (χ0v) is 20.0. The van der Waals surface area contributed by atoms with E-state index in [1.165, 1.54) is 16.9 Å². The number of rotatable bonds is 6. The van der Waals surface area contributed by atoms with Crippen LogP contribution in [0, 0.1) is 18.8 Å². The summed E-state index contributed by atoms with van der Waals surface area (Å²) < 4.78 is 0. The number of hydrogen-bond donors (Lipinski definition) is 1. The van der Waals surface area contributed by atoms with Gasteiger partial charge in [-0.3, -0.25) is 14.4 Å². The Hall–Kier alpha value is -2.74. The van der Waals surface area contributed by atoms with Gasteiger partial charge >= 0.3 is 0 Å². The number of benzene rings is 1. The number of anilines is 1. The minimum atomic E-state index is -0.0812. The summed E-state index contributed by atoms with van der Waals surface area (Å²) in [4.78, 5) is 46.2. The third-order valence-electron chi connectivity index (χ3n) is 6.69. The van der Waals surface area contributed by atoms with Crippen LogP contribution in [0.15, 0.2) is 35.7 Å². The summed E-state index contributed by atoms with van der Waals surface area (Å²) in [6.07, 6.45) is 4.07. The molecule has 1 aromatic carbocycles. The highest BCUT2D eigenvalue weighted by molar-refractivity contribution is 7.13. The Labute approximate surface area is 199 Å². The number of carbonyl (C=O) groups excluding carboxylic acids is 3. The fraction of sp³-hybridized carbons (Fsp3) is 0.520. The van der Waals surface area contributed by atoms with E-state index >= 15 is 0 Å². The highest BCUT2D eigenvalue weighted by Crippen LogP contribution is 2.25. The molecule has 0 aliphatic carbocycles. The maximum absolute atomic E-state index is 13.0. The van der Waals surface area contributed by atoms with E-state index in [4.69, 9.17) is 0 Å². The van der Waals surface area contributed by atoms with E-state index in [1.54, 1.807) is 0 Å². The molecule has 3 heterocycles. The van der Waals surface area contributed by atoms with Crippen LogP contribution in [0.2, 0.25) is 0 Å². The van der Waals surface area contributed by atoms with Crippen molar-refractivity contribution in [2.75, 3.05) is 31.5 Å². The first-order valence-electron chi connectivity index (χ1n) is 11.8. The molecule has 0 bridgehead atoms. The zero-order valence-electron chi connectivity index (χ0n) is 19.2. The topological polar surface area (TPSA) is 82.6 Å². The van der Waals surface area contributed by atoms with Gasteiger partial charge in [-0.15, -0.1) is 11.3 Å². The van der Waals surface area contributed by atoms with Gasteiger partial charge in [-0.2, -0.15) is 0 Å². The van der Waals surface area contributed by atoms with E-state index in [-0.39, 0.29) is 29.6 Å². The quantitative estimate of drug-likeness (QED) is 0.703. The lowest BCUT2D eigenvalue weighted by Gasteiger charge is -2.37. The van der Waals surface area contributed by atoms with Crippen molar-refractivity contribution in [3.63, 3.8) is 0 Å². The summed E-state index contributed by atoms with van der Waals surface area (Å²) in [6, 6.07) is 10.1. The maximum atomic E-state index is 13.0. The molecule has 3 amide bonds. The number of hydrogen-bond acceptors (Lipinski definition) is 5. The SMILES string of the molecule is Cc1csc(NC(=O)C2CCN(C(=O)C3CCN(C(=O)CCc4ccccc4)CC3)CC2)n1. The number of aryl methyl sites for hydroxylation is 2. The number of thiazole rings is 1. The second-order valence-corrected chi connectivity index (χ2v) is 9.88. The lowest BCUT2D eigenvalue weighted by Crippen LogP contribution is -2.47. The number of nitrogens with one attached hydrogen (secondary N) is 1. The van der Waals surface area contributed by atoms with Gasteiger partial charge in [-0.05, 0) is 44.6 Å². The van der Waals surface area contributed by atoms with Gasteiger partial charge < -0.3 is 15.1 Å². The van der Waals surface area contributed by atoms with Crippen molar-refractivity contribution in [1.82, 2.24) is 14.8 Å². The van der Waals surface area contributed by atoms with Gasteiger partial charge in [-0.25, -0.2) is 4.98 Å². The molecule has 7 nitrogen and oxygen atoms in total. The fourth-order valence-corrected chi connectivity index (χ4v) is 5.36. The summed E-state index contributed by atoms with van der Waals surface area (Å²) in [6.45, 7) is 4.43. The molecule has 1 aromatic heterocycles. The molecule has 2 aromatic rings. The number of likely N-dealkylation sites (tertiary alicyclic amines) is 2. The largest absolute Gasteiger partial charge is 0.343 e. The van der Waals surface area contributed by atoms with Gasteiger partial charge in [0.2, 0.25) is 17.7 Å². The van der Waals surface area contributed by atoms with Crippen molar-refractivity contribution in [1.29, 1.82) is 0 Å². The second kappa shape index (κ2) is 10.9. The van der Waals surface area contributed by atoms with Crippen molar-refractivity contribution < 1.29 is 14.4 Å². The van der Waals surface area contributed by atoms with Gasteiger partial charge in [0.05, 0.1) is 5.69 Å².